The Morgan fingerprint density at radius 2 is 1.84 bits per heavy atom. The van der Waals surface area contributed by atoms with E-state index in [9.17, 15) is 9.90 Å². The topological polar surface area (TPSA) is 73.3 Å². The summed E-state index contributed by atoms with van der Waals surface area (Å²) in [5.74, 6) is -0.194. The number of aromatic hydroxyl groups is 1. The van der Waals surface area contributed by atoms with Gasteiger partial charge in [-0.05, 0) is 18.1 Å². The molecule has 4 rings (SSSR count). The van der Waals surface area contributed by atoms with E-state index in [-0.39, 0.29) is 17.2 Å². The van der Waals surface area contributed by atoms with Crippen molar-refractivity contribution in [2.24, 2.45) is 0 Å². The standard InChI is InChI=1S/C19H23NO5/c1-2-13-9-15-14(10-18(22)25-17(15)11-16(13)21)12-20-5-3-19(4-6-20)23-7-8-24-19/h9-11,21H,2-8,12H2,1H3/p+1. The highest BCUT2D eigenvalue weighted by molar-refractivity contribution is 5.82. The first kappa shape index (κ1) is 16.6. The lowest BCUT2D eigenvalue weighted by Crippen LogP contribution is -3.12. The third-order valence-corrected chi connectivity index (χ3v) is 5.38. The van der Waals surface area contributed by atoms with E-state index < -0.39 is 0 Å². The molecule has 2 aliphatic heterocycles. The molecular formula is C19H24NO5+. The third kappa shape index (κ3) is 3.17. The van der Waals surface area contributed by atoms with Gasteiger partial charge in [-0.25, -0.2) is 4.79 Å². The van der Waals surface area contributed by atoms with Gasteiger partial charge < -0.3 is 23.9 Å². The summed E-state index contributed by atoms with van der Waals surface area (Å²) in [5.41, 5.74) is 1.91. The molecule has 3 heterocycles. The molecule has 6 nitrogen and oxygen atoms in total. The number of hydrogen-bond donors (Lipinski definition) is 2. The maximum atomic E-state index is 11.9. The van der Waals surface area contributed by atoms with Crippen molar-refractivity contribution in [2.45, 2.75) is 38.5 Å². The second kappa shape index (κ2) is 6.44. The van der Waals surface area contributed by atoms with Crippen molar-refractivity contribution in [3.8, 4) is 5.75 Å². The Hall–Kier alpha value is -1.89. The van der Waals surface area contributed by atoms with Crippen molar-refractivity contribution in [3.05, 3.63) is 39.7 Å². The quantitative estimate of drug-likeness (QED) is 0.811. The van der Waals surface area contributed by atoms with Crippen molar-refractivity contribution in [3.63, 3.8) is 0 Å². The van der Waals surface area contributed by atoms with Crippen molar-refractivity contribution in [2.75, 3.05) is 26.3 Å². The number of phenolic OH excluding ortho intramolecular Hbond substituents is 1. The molecule has 2 aliphatic rings. The van der Waals surface area contributed by atoms with Crippen LogP contribution in [0.4, 0.5) is 0 Å². The van der Waals surface area contributed by atoms with Gasteiger partial charge in [-0.2, -0.15) is 0 Å². The van der Waals surface area contributed by atoms with Crippen LogP contribution < -0.4 is 10.5 Å². The largest absolute Gasteiger partial charge is 0.508 e. The number of phenols is 1. The predicted octanol–water partition coefficient (Wildman–Crippen LogP) is 0.983. The van der Waals surface area contributed by atoms with Crippen molar-refractivity contribution >= 4 is 11.0 Å². The van der Waals surface area contributed by atoms with E-state index >= 15 is 0 Å². The Balaban J connectivity index is 1.59. The van der Waals surface area contributed by atoms with Crippen LogP contribution in [0.1, 0.15) is 30.9 Å². The molecule has 2 N–H and O–H groups in total. The fourth-order valence-electron chi connectivity index (χ4n) is 3.95. The fraction of sp³-hybridized carbons (Fsp3) is 0.526. The summed E-state index contributed by atoms with van der Waals surface area (Å²) in [6.07, 6.45) is 2.49. The highest BCUT2D eigenvalue weighted by atomic mass is 16.7. The molecule has 0 aliphatic carbocycles. The van der Waals surface area contributed by atoms with E-state index in [0.29, 0.717) is 18.8 Å². The second-order valence-electron chi connectivity index (χ2n) is 6.96. The molecule has 2 saturated heterocycles. The highest BCUT2D eigenvalue weighted by Gasteiger charge is 2.41. The molecule has 134 valence electrons. The normalized spacial score (nSPS) is 20.5. The number of fused-ring (bicyclic) bond motifs is 1. The van der Waals surface area contributed by atoms with Gasteiger partial charge in [0.2, 0.25) is 0 Å². The number of piperidine rings is 1. The predicted molar refractivity (Wildman–Crippen MR) is 91.8 cm³/mol. The number of rotatable bonds is 3. The lowest BCUT2D eigenvalue weighted by Gasteiger charge is -2.35. The second-order valence-corrected chi connectivity index (χ2v) is 6.96. The van der Waals surface area contributed by atoms with Gasteiger partial charge in [-0.15, -0.1) is 0 Å². The number of likely N-dealkylation sites (tertiary alicyclic amines) is 1. The van der Waals surface area contributed by atoms with Gasteiger partial charge in [-0.1, -0.05) is 6.92 Å². The van der Waals surface area contributed by atoms with Crippen LogP contribution in [-0.2, 0) is 22.4 Å². The highest BCUT2D eigenvalue weighted by Crippen LogP contribution is 2.29. The molecule has 1 aromatic heterocycles. The van der Waals surface area contributed by atoms with Crippen molar-refractivity contribution < 1.29 is 23.9 Å². The number of benzene rings is 1. The van der Waals surface area contributed by atoms with E-state index in [0.717, 1.165) is 55.4 Å². The first-order valence-corrected chi connectivity index (χ1v) is 8.99. The molecule has 0 atom stereocenters. The summed E-state index contributed by atoms with van der Waals surface area (Å²) in [6, 6.07) is 5.08. The Morgan fingerprint density at radius 3 is 2.52 bits per heavy atom. The minimum Gasteiger partial charge on any atom is -0.508 e. The number of nitrogens with one attached hydrogen (secondary N) is 1. The van der Waals surface area contributed by atoms with E-state index in [1.54, 1.807) is 12.1 Å². The van der Waals surface area contributed by atoms with Crippen LogP contribution >= 0.6 is 0 Å². The molecule has 0 radical (unpaired) electrons. The van der Waals surface area contributed by atoms with Crippen LogP contribution in [0.5, 0.6) is 5.75 Å². The molecule has 2 fully saturated rings. The van der Waals surface area contributed by atoms with Crippen LogP contribution in [-0.4, -0.2) is 37.2 Å². The smallest absolute Gasteiger partial charge is 0.336 e. The SMILES string of the molecule is CCc1cc2c(C[NH+]3CCC4(CC3)OCCO4)cc(=O)oc2cc1O. The van der Waals surface area contributed by atoms with Crippen LogP contribution in [0, 0.1) is 0 Å². The molecule has 0 saturated carbocycles. The average molecular weight is 346 g/mol. The number of hydrogen-bond acceptors (Lipinski definition) is 5. The summed E-state index contributed by atoms with van der Waals surface area (Å²) >= 11 is 0. The van der Waals surface area contributed by atoms with E-state index in [4.69, 9.17) is 13.9 Å². The molecule has 0 unspecified atom stereocenters. The van der Waals surface area contributed by atoms with Crippen LogP contribution in [0.2, 0.25) is 0 Å². The first-order chi connectivity index (χ1) is 12.1. The van der Waals surface area contributed by atoms with Gasteiger partial charge in [-0.3, -0.25) is 0 Å². The summed E-state index contributed by atoms with van der Waals surface area (Å²) in [6.45, 7) is 6.01. The van der Waals surface area contributed by atoms with E-state index in [1.165, 1.54) is 4.90 Å². The third-order valence-electron chi connectivity index (χ3n) is 5.38. The number of aryl methyl sites for hydroxylation is 1. The number of quaternary nitrogens is 1. The van der Waals surface area contributed by atoms with E-state index in [1.807, 2.05) is 13.0 Å². The van der Waals surface area contributed by atoms with Gasteiger partial charge in [0.15, 0.2) is 5.79 Å². The van der Waals surface area contributed by atoms with Gasteiger partial charge in [0.25, 0.3) is 0 Å². The monoisotopic (exact) mass is 346 g/mol. The maximum Gasteiger partial charge on any atom is 0.336 e. The van der Waals surface area contributed by atoms with Gasteiger partial charge in [0.1, 0.15) is 17.9 Å². The molecular weight excluding hydrogens is 322 g/mol. The molecule has 0 amide bonds. The molecule has 1 aromatic carbocycles. The molecule has 6 heteroatoms. The van der Waals surface area contributed by atoms with Crippen LogP contribution in [0.3, 0.4) is 0 Å². The average Bonchev–Trinajstić information content (AvgIpc) is 3.05. The summed E-state index contributed by atoms with van der Waals surface area (Å²) in [4.78, 5) is 13.3. The first-order valence-electron chi connectivity index (χ1n) is 8.99. The van der Waals surface area contributed by atoms with Gasteiger partial charge in [0, 0.05) is 23.1 Å². The fourth-order valence-corrected chi connectivity index (χ4v) is 3.95. The summed E-state index contributed by atoms with van der Waals surface area (Å²) < 4.78 is 16.9. The molecule has 2 aromatic rings. The molecule has 0 bridgehead atoms. The minimum atomic E-state index is -0.374. The lowest BCUT2D eigenvalue weighted by molar-refractivity contribution is -0.922. The van der Waals surface area contributed by atoms with Crippen molar-refractivity contribution in [1.82, 2.24) is 0 Å². The lowest BCUT2D eigenvalue weighted by atomic mass is 10.0. The van der Waals surface area contributed by atoms with Crippen LogP contribution in [0.15, 0.2) is 27.4 Å². The van der Waals surface area contributed by atoms with Gasteiger partial charge >= 0.3 is 5.63 Å². The Bertz CT molecular complexity index is 828. The Kier molecular flexibility index (Phi) is 4.27. The van der Waals surface area contributed by atoms with Crippen molar-refractivity contribution in [1.29, 1.82) is 0 Å². The Morgan fingerprint density at radius 1 is 1.12 bits per heavy atom. The zero-order valence-corrected chi connectivity index (χ0v) is 14.5. The maximum absolute atomic E-state index is 11.9. The zero-order chi connectivity index (χ0) is 17.4. The van der Waals surface area contributed by atoms with Crippen LogP contribution in [0.25, 0.3) is 11.0 Å². The Labute approximate surface area is 145 Å². The molecule has 1 spiro atoms. The zero-order valence-electron chi connectivity index (χ0n) is 14.5. The summed E-state index contributed by atoms with van der Waals surface area (Å²) in [7, 11) is 0. The number of ether oxygens (including phenoxy) is 2. The van der Waals surface area contributed by atoms with Gasteiger partial charge in [0.05, 0.1) is 39.1 Å². The molecule has 25 heavy (non-hydrogen) atoms. The summed E-state index contributed by atoms with van der Waals surface area (Å²) in [5, 5.41) is 10.9. The minimum absolute atomic E-state index is 0.179. The van der Waals surface area contributed by atoms with E-state index in [2.05, 4.69) is 0 Å².